The number of methoxy groups -OCH3 is 1. The third kappa shape index (κ3) is 4.78. The van der Waals surface area contributed by atoms with Gasteiger partial charge in [0.25, 0.3) is 0 Å². The molecule has 5 rings (SSSR count). The van der Waals surface area contributed by atoms with E-state index in [0.29, 0.717) is 29.4 Å². The number of aromatic amines is 1. The summed E-state index contributed by atoms with van der Waals surface area (Å²) >= 11 is 5.13. The summed E-state index contributed by atoms with van der Waals surface area (Å²) in [6.07, 6.45) is -2.93. The van der Waals surface area contributed by atoms with Gasteiger partial charge in [-0.15, -0.1) is 0 Å². The maximum Gasteiger partial charge on any atom is 0.488 e. The Hall–Kier alpha value is -3.51. The van der Waals surface area contributed by atoms with E-state index in [4.69, 9.17) is 21.1 Å². The fourth-order valence-corrected chi connectivity index (χ4v) is 4.88. The van der Waals surface area contributed by atoms with Gasteiger partial charge in [-0.05, 0) is 24.1 Å². The zero-order valence-corrected chi connectivity index (χ0v) is 21.0. The van der Waals surface area contributed by atoms with Gasteiger partial charge in [-0.25, -0.2) is 4.98 Å². The van der Waals surface area contributed by atoms with Crippen LogP contribution in [0.15, 0.2) is 53.8 Å². The van der Waals surface area contributed by atoms with Crippen molar-refractivity contribution in [3.8, 4) is 23.0 Å². The standard InChI is InChI=1S/C24H19ClF3N3O5S/c1-13-17(29-10-20(33-2)21(13)34-11-14-6-4-3-5-7-14)12-37(32)22-30-15-8-18-19(9-16(15)31-22)36-24(27,28)23(25,26)35-18/h3-10H,11-12H2,1-2H3,(H,30,31). The van der Waals surface area contributed by atoms with Crippen molar-refractivity contribution in [2.45, 2.75) is 35.9 Å². The minimum atomic E-state index is -4.42. The maximum absolute atomic E-state index is 13.9. The average molecular weight is 554 g/mol. The summed E-state index contributed by atoms with van der Waals surface area (Å²) in [6, 6.07) is 11.9. The lowest BCUT2D eigenvalue weighted by molar-refractivity contribution is -0.303. The first-order valence-electron chi connectivity index (χ1n) is 10.8. The van der Waals surface area contributed by atoms with Gasteiger partial charge in [0, 0.05) is 17.7 Å². The predicted molar refractivity (Wildman–Crippen MR) is 128 cm³/mol. The van der Waals surface area contributed by atoms with E-state index in [2.05, 4.69) is 24.4 Å². The molecular weight excluding hydrogens is 535 g/mol. The molecule has 0 bridgehead atoms. The maximum atomic E-state index is 13.9. The number of benzene rings is 2. The Bertz CT molecular complexity index is 1450. The molecule has 37 heavy (non-hydrogen) atoms. The van der Waals surface area contributed by atoms with Gasteiger partial charge in [-0.3, -0.25) is 9.19 Å². The molecule has 0 amide bonds. The molecule has 8 nitrogen and oxygen atoms in total. The molecule has 1 aliphatic heterocycles. The van der Waals surface area contributed by atoms with Crippen LogP contribution in [0.4, 0.5) is 13.2 Å². The monoisotopic (exact) mass is 553 g/mol. The topological polar surface area (TPSA) is 95.6 Å². The van der Waals surface area contributed by atoms with E-state index in [1.165, 1.54) is 19.4 Å². The van der Waals surface area contributed by atoms with Crippen molar-refractivity contribution in [1.29, 1.82) is 0 Å². The zero-order chi connectivity index (χ0) is 26.4. The summed E-state index contributed by atoms with van der Waals surface area (Å²) in [7, 11) is -0.223. The molecule has 13 heteroatoms. The van der Waals surface area contributed by atoms with Crippen LogP contribution in [0.5, 0.6) is 23.0 Å². The molecule has 0 aliphatic carbocycles. The fraction of sp³-hybridized carbons (Fsp3) is 0.250. The molecule has 4 aromatic rings. The smallest absolute Gasteiger partial charge is 0.488 e. The van der Waals surface area contributed by atoms with Crippen LogP contribution in [0.2, 0.25) is 0 Å². The van der Waals surface area contributed by atoms with Crippen molar-refractivity contribution in [1.82, 2.24) is 15.0 Å². The van der Waals surface area contributed by atoms with E-state index in [1.54, 1.807) is 6.92 Å². The molecule has 2 aromatic heterocycles. The molecule has 2 atom stereocenters. The Kier molecular flexibility index (Phi) is 6.40. The predicted octanol–water partition coefficient (Wildman–Crippen LogP) is 5.39. The number of aromatic nitrogens is 3. The number of nitrogens with zero attached hydrogens (tertiary/aromatic N) is 2. The lowest BCUT2D eigenvalue weighted by atomic mass is 10.2. The largest absolute Gasteiger partial charge is 0.491 e. The highest BCUT2D eigenvalue weighted by Gasteiger charge is 2.63. The van der Waals surface area contributed by atoms with Gasteiger partial charge >= 0.3 is 11.4 Å². The molecule has 0 saturated heterocycles. The molecule has 3 heterocycles. The summed E-state index contributed by atoms with van der Waals surface area (Å²) < 4.78 is 74.9. The molecule has 0 spiro atoms. The van der Waals surface area contributed by atoms with Gasteiger partial charge < -0.3 is 23.9 Å². The summed E-state index contributed by atoms with van der Waals surface area (Å²) in [6.45, 7) is 2.07. The van der Waals surface area contributed by atoms with Crippen molar-refractivity contribution in [2.75, 3.05) is 7.11 Å². The molecule has 0 saturated carbocycles. The van der Waals surface area contributed by atoms with Gasteiger partial charge in [0.15, 0.2) is 28.2 Å². The first kappa shape index (κ1) is 25.2. The van der Waals surface area contributed by atoms with Gasteiger partial charge in [-0.2, -0.15) is 13.2 Å². The number of hydrogen-bond donors (Lipinski definition) is 1. The Labute approximate surface area is 216 Å². The Morgan fingerprint density at radius 3 is 2.59 bits per heavy atom. The van der Waals surface area contributed by atoms with Crippen LogP contribution in [-0.2, 0) is 23.2 Å². The number of halogens is 4. The number of alkyl halides is 4. The molecular formula is C24H19ClF3N3O5S. The van der Waals surface area contributed by atoms with Gasteiger partial charge in [-0.1, -0.05) is 30.3 Å². The summed E-state index contributed by atoms with van der Waals surface area (Å²) in [4.78, 5) is 11.4. The normalized spacial score (nSPS) is 19.0. The van der Waals surface area contributed by atoms with Crippen molar-refractivity contribution >= 4 is 33.4 Å². The van der Waals surface area contributed by atoms with Crippen LogP contribution in [0, 0.1) is 6.92 Å². The first-order chi connectivity index (χ1) is 17.6. The number of nitrogens with one attached hydrogen (secondary N) is 1. The Morgan fingerprint density at radius 2 is 1.86 bits per heavy atom. The van der Waals surface area contributed by atoms with E-state index < -0.39 is 28.0 Å². The highest BCUT2D eigenvalue weighted by atomic mass is 35.5. The van der Waals surface area contributed by atoms with Gasteiger partial charge in [0.1, 0.15) is 6.61 Å². The first-order valence-corrected chi connectivity index (χ1v) is 12.5. The summed E-state index contributed by atoms with van der Waals surface area (Å²) in [5, 5.41) is -3.83. The van der Waals surface area contributed by atoms with Crippen LogP contribution in [0.3, 0.4) is 0 Å². The van der Waals surface area contributed by atoms with E-state index in [0.717, 1.165) is 11.6 Å². The second kappa shape index (κ2) is 9.42. The van der Waals surface area contributed by atoms with Gasteiger partial charge in [0.2, 0.25) is 0 Å². The highest BCUT2D eigenvalue weighted by molar-refractivity contribution is 7.84. The summed E-state index contributed by atoms with van der Waals surface area (Å²) in [5.41, 5.74) is 2.50. The van der Waals surface area contributed by atoms with Crippen molar-refractivity contribution in [2.24, 2.45) is 0 Å². The number of imidazole rings is 1. The zero-order valence-electron chi connectivity index (χ0n) is 19.4. The van der Waals surface area contributed by atoms with Crippen LogP contribution in [-0.4, -0.2) is 37.7 Å². The lowest BCUT2D eigenvalue weighted by Gasteiger charge is -2.33. The van der Waals surface area contributed by atoms with E-state index in [-0.39, 0.29) is 27.7 Å². The quantitative estimate of drug-likeness (QED) is 0.307. The number of pyridine rings is 1. The Balaban J connectivity index is 1.39. The van der Waals surface area contributed by atoms with Crippen LogP contribution >= 0.6 is 11.6 Å². The van der Waals surface area contributed by atoms with Crippen LogP contribution in [0.1, 0.15) is 16.8 Å². The van der Waals surface area contributed by atoms with Crippen LogP contribution in [0.25, 0.3) is 11.0 Å². The SMILES string of the molecule is COc1cnc(CS(=O)c2nc3cc4c(cc3[nH]2)OC(F)(F)C(F)(Cl)O4)c(C)c1OCc1ccccc1. The van der Waals surface area contributed by atoms with E-state index in [9.17, 15) is 17.4 Å². The van der Waals surface area contributed by atoms with Crippen LogP contribution < -0.4 is 18.9 Å². The van der Waals surface area contributed by atoms with Crippen molar-refractivity contribution < 1.29 is 36.3 Å². The van der Waals surface area contributed by atoms with Gasteiger partial charge in [0.05, 0.1) is 46.6 Å². The van der Waals surface area contributed by atoms with E-state index >= 15 is 0 Å². The molecule has 194 valence electrons. The second-order valence-electron chi connectivity index (χ2n) is 8.09. The number of fused-ring (bicyclic) bond motifs is 2. The second-order valence-corrected chi connectivity index (χ2v) is 9.94. The molecule has 0 radical (unpaired) electrons. The van der Waals surface area contributed by atoms with Crippen molar-refractivity contribution in [3.63, 3.8) is 0 Å². The van der Waals surface area contributed by atoms with E-state index in [1.807, 2.05) is 30.3 Å². The number of rotatable bonds is 7. The minimum absolute atomic E-state index is 0.0304. The molecule has 1 N–H and O–H groups in total. The number of H-pyrrole nitrogens is 1. The molecule has 1 aliphatic rings. The third-order valence-electron chi connectivity index (χ3n) is 5.61. The highest BCUT2D eigenvalue weighted by Crippen LogP contribution is 2.49. The molecule has 2 unspecified atom stereocenters. The third-order valence-corrected chi connectivity index (χ3v) is 7.06. The van der Waals surface area contributed by atoms with Crippen molar-refractivity contribution in [3.05, 3.63) is 65.5 Å². The minimum Gasteiger partial charge on any atom is -0.491 e. The average Bonchev–Trinajstić information content (AvgIpc) is 3.27. The fourth-order valence-electron chi connectivity index (χ4n) is 3.66. The molecule has 2 aromatic carbocycles. The Morgan fingerprint density at radius 1 is 1.14 bits per heavy atom. The summed E-state index contributed by atoms with van der Waals surface area (Å²) in [5.74, 6) is 0.0547. The lowest BCUT2D eigenvalue weighted by Crippen LogP contribution is -2.51. The number of hydrogen-bond acceptors (Lipinski definition) is 7. The number of ether oxygens (including phenoxy) is 4. The molecule has 0 fully saturated rings.